The molecule has 0 heterocycles. The number of carbonyl (C=O) groups is 1. The Kier molecular flexibility index (Phi) is 4.29. The second-order valence-corrected chi connectivity index (χ2v) is 4.94. The van der Waals surface area contributed by atoms with E-state index in [1.165, 1.54) is 12.1 Å². The van der Waals surface area contributed by atoms with Gasteiger partial charge in [0.2, 0.25) is 0 Å². The Hall–Kier alpha value is -1.92. The fraction of sp³-hybridized carbons (Fsp3) is 0.500. The Bertz CT molecular complexity index is 527. The number of rotatable bonds is 5. The van der Waals surface area contributed by atoms with Gasteiger partial charge in [-0.15, -0.1) is 0 Å². The summed E-state index contributed by atoms with van der Waals surface area (Å²) in [7, 11) is 0. The van der Waals surface area contributed by atoms with Crippen LogP contribution in [0.2, 0.25) is 0 Å². The largest absolute Gasteiger partial charge is 0.491 e. The van der Waals surface area contributed by atoms with Gasteiger partial charge in [-0.05, 0) is 31.9 Å². The predicted molar refractivity (Wildman–Crippen MR) is 72.1 cm³/mol. The van der Waals surface area contributed by atoms with Crippen LogP contribution in [0.15, 0.2) is 18.2 Å². The Morgan fingerprint density at radius 1 is 1.43 bits per heavy atom. The average Bonchev–Trinajstić information content (AvgIpc) is 3.21. The van der Waals surface area contributed by atoms with Crippen LogP contribution in [0, 0.1) is 0 Å². The molecular formula is C14H17F3N2O2. The minimum Gasteiger partial charge on any atom is -0.491 e. The third kappa shape index (κ3) is 3.80. The molecule has 0 aliphatic heterocycles. The van der Waals surface area contributed by atoms with Crippen molar-refractivity contribution in [2.45, 2.75) is 32.0 Å². The molecule has 1 aromatic carbocycles. The first kappa shape index (κ1) is 15.5. The van der Waals surface area contributed by atoms with Gasteiger partial charge in [-0.2, -0.15) is 13.2 Å². The predicted octanol–water partition coefficient (Wildman–Crippen LogP) is 2.83. The molecule has 0 aromatic heterocycles. The number of carbonyl (C=O) groups excluding carboxylic acids is 1. The van der Waals surface area contributed by atoms with Crippen LogP contribution in [0.25, 0.3) is 0 Å². The normalized spacial score (nSPS) is 14.9. The molecule has 0 spiro atoms. The van der Waals surface area contributed by atoms with Crippen LogP contribution in [-0.4, -0.2) is 36.2 Å². The standard InChI is InChI=1S/C14H17F3N2O2/c1-2-21-12-10(4-3-5-11(12)18)13(20)19(9-6-7-9)8-14(15,16)17/h3-5,9H,2,6-8,18H2,1H3. The van der Waals surface area contributed by atoms with E-state index in [2.05, 4.69) is 0 Å². The summed E-state index contributed by atoms with van der Waals surface area (Å²) in [6, 6.07) is 4.17. The number of nitrogen functional groups attached to an aromatic ring is 1. The van der Waals surface area contributed by atoms with E-state index in [9.17, 15) is 18.0 Å². The van der Waals surface area contributed by atoms with Gasteiger partial charge in [0.05, 0.1) is 17.9 Å². The first-order chi connectivity index (χ1) is 9.83. The third-order valence-corrected chi connectivity index (χ3v) is 3.16. The molecule has 1 aliphatic rings. The Morgan fingerprint density at radius 2 is 2.10 bits per heavy atom. The number of ether oxygens (including phenoxy) is 1. The number of halogens is 3. The second-order valence-electron chi connectivity index (χ2n) is 4.94. The first-order valence-electron chi connectivity index (χ1n) is 6.72. The summed E-state index contributed by atoms with van der Waals surface area (Å²) in [6.45, 7) is 0.739. The van der Waals surface area contributed by atoms with Crippen LogP contribution in [-0.2, 0) is 0 Å². The lowest BCUT2D eigenvalue weighted by atomic mass is 10.1. The van der Waals surface area contributed by atoms with Crippen molar-refractivity contribution in [2.24, 2.45) is 0 Å². The van der Waals surface area contributed by atoms with E-state index >= 15 is 0 Å². The Balaban J connectivity index is 2.30. The summed E-state index contributed by atoms with van der Waals surface area (Å²) in [5.74, 6) is -0.539. The average molecular weight is 302 g/mol. The van der Waals surface area contributed by atoms with Gasteiger partial charge in [-0.3, -0.25) is 4.79 Å². The molecule has 0 bridgehead atoms. The van der Waals surface area contributed by atoms with E-state index in [0.717, 1.165) is 4.90 Å². The van der Waals surface area contributed by atoms with E-state index in [-0.39, 0.29) is 29.6 Å². The van der Waals surface area contributed by atoms with Crippen molar-refractivity contribution in [1.29, 1.82) is 0 Å². The van der Waals surface area contributed by atoms with Crippen molar-refractivity contribution >= 4 is 11.6 Å². The Morgan fingerprint density at radius 3 is 2.62 bits per heavy atom. The number of amides is 1. The van der Waals surface area contributed by atoms with E-state index in [4.69, 9.17) is 10.5 Å². The summed E-state index contributed by atoms with van der Waals surface area (Å²) in [5.41, 5.74) is 6.06. The van der Waals surface area contributed by atoms with Crippen LogP contribution in [0.3, 0.4) is 0 Å². The summed E-state index contributed by atoms with van der Waals surface area (Å²) < 4.78 is 43.3. The lowest BCUT2D eigenvalue weighted by molar-refractivity contribution is -0.141. The highest BCUT2D eigenvalue weighted by Gasteiger charge is 2.41. The highest BCUT2D eigenvalue weighted by molar-refractivity contribution is 5.99. The van der Waals surface area contributed by atoms with Crippen molar-refractivity contribution < 1.29 is 22.7 Å². The molecular weight excluding hydrogens is 285 g/mol. The molecule has 2 rings (SSSR count). The Labute approximate surface area is 120 Å². The number of anilines is 1. The number of para-hydroxylation sites is 1. The summed E-state index contributed by atoms with van der Waals surface area (Å²) >= 11 is 0. The zero-order chi connectivity index (χ0) is 15.6. The van der Waals surface area contributed by atoms with Gasteiger partial charge in [0.15, 0.2) is 5.75 Å². The minimum atomic E-state index is -4.43. The molecule has 7 heteroatoms. The quantitative estimate of drug-likeness (QED) is 0.851. The number of nitrogens with zero attached hydrogens (tertiary/aromatic N) is 1. The summed E-state index contributed by atoms with van der Waals surface area (Å²) in [5, 5.41) is 0. The maximum Gasteiger partial charge on any atom is 0.406 e. The van der Waals surface area contributed by atoms with Crippen molar-refractivity contribution in [3.8, 4) is 5.75 Å². The highest BCUT2D eigenvalue weighted by Crippen LogP contribution is 2.34. The second kappa shape index (κ2) is 5.83. The molecule has 1 aliphatic carbocycles. The van der Waals surface area contributed by atoms with E-state index in [0.29, 0.717) is 12.8 Å². The van der Waals surface area contributed by atoms with Gasteiger partial charge >= 0.3 is 6.18 Å². The number of hydrogen-bond acceptors (Lipinski definition) is 3. The zero-order valence-corrected chi connectivity index (χ0v) is 11.6. The molecule has 4 nitrogen and oxygen atoms in total. The molecule has 1 saturated carbocycles. The maximum atomic E-state index is 12.6. The number of nitrogens with two attached hydrogens (primary N) is 1. The molecule has 0 atom stereocenters. The van der Waals surface area contributed by atoms with Crippen LogP contribution < -0.4 is 10.5 Å². The highest BCUT2D eigenvalue weighted by atomic mass is 19.4. The van der Waals surface area contributed by atoms with Gasteiger partial charge in [0.25, 0.3) is 5.91 Å². The first-order valence-corrected chi connectivity index (χ1v) is 6.72. The topological polar surface area (TPSA) is 55.6 Å². The van der Waals surface area contributed by atoms with Gasteiger partial charge in [-0.1, -0.05) is 6.07 Å². The molecule has 0 radical (unpaired) electrons. The summed E-state index contributed by atoms with van der Waals surface area (Å²) in [4.78, 5) is 13.3. The third-order valence-electron chi connectivity index (χ3n) is 3.16. The maximum absolute atomic E-state index is 12.6. The minimum absolute atomic E-state index is 0.0769. The molecule has 1 aromatic rings. The monoisotopic (exact) mass is 302 g/mol. The van der Waals surface area contributed by atoms with Crippen LogP contribution in [0.4, 0.5) is 18.9 Å². The van der Waals surface area contributed by atoms with Crippen molar-refractivity contribution in [3.05, 3.63) is 23.8 Å². The van der Waals surface area contributed by atoms with E-state index in [1.807, 2.05) is 0 Å². The van der Waals surface area contributed by atoms with Crippen LogP contribution in [0.5, 0.6) is 5.75 Å². The number of alkyl halides is 3. The number of hydrogen-bond donors (Lipinski definition) is 1. The fourth-order valence-electron chi connectivity index (χ4n) is 2.13. The molecule has 1 fully saturated rings. The molecule has 0 unspecified atom stereocenters. The summed E-state index contributed by atoms with van der Waals surface area (Å²) in [6.07, 6.45) is -3.24. The van der Waals surface area contributed by atoms with E-state index in [1.54, 1.807) is 13.0 Å². The lowest BCUT2D eigenvalue weighted by Crippen LogP contribution is -2.40. The lowest BCUT2D eigenvalue weighted by Gasteiger charge is -2.25. The SMILES string of the molecule is CCOc1c(N)cccc1C(=O)N(CC(F)(F)F)C1CC1. The fourth-order valence-corrected chi connectivity index (χ4v) is 2.13. The van der Waals surface area contributed by atoms with Crippen LogP contribution in [0.1, 0.15) is 30.1 Å². The van der Waals surface area contributed by atoms with E-state index < -0.39 is 18.6 Å². The van der Waals surface area contributed by atoms with Crippen molar-refractivity contribution in [1.82, 2.24) is 4.90 Å². The molecule has 2 N–H and O–H groups in total. The molecule has 1 amide bonds. The van der Waals surface area contributed by atoms with Crippen molar-refractivity contribution in [3.63, 3.8) is 0 Å². The van der Waals surface area contributed by atoms with Gasteiger partial charge < -0.3 is 15.4 Å². The smallest absolute Gasteiger partial charge is 0.406 e. The van der Waals surface area contributed by atoms with Gasteiger partial charge in [0, 0.05) is 6.04 Å². The van der Waals surface area contributed by atoms with Crippen LogP contribution >= 0.6 is 0 Å². The number of benzene rings is 1. The van der Waals surface area contributed by atoms with Gasteiger partial charge in [-0.25, -0.2) is 0 Å². The van der Waals surface area contributed by atoms with Gasteiger partial charge in [0.1, 0.15) is 6.54 Å². The molecule has 21 heavy (non-hydrogen) atoms. The molecule has 116 valence electrons. The zero-order valence-electron chi connectivity index (χ0n) is 11.6. The van der Waals surface area contributed by atoms with Crippen molar-refractivity contribution in [2.75, 3.05) is 18.9 Å². The molecule has 0 saturated heterocycles.